The van der Waals surface area contributed by atoms with Gasteiger partial charge in [0.15, 0.2) is 0 Å². The molecule has 19 heavy (non-hydrogen) atoms. The summed E-state index contributed by atoms with van der Waals surface area (Å²) in [5.41, 5.74) is 0.162. The second kappa shape index (κ2) is 7.13. The molecule has 1 aromatic carbocycles. The fourth-order valence-corrected chi connectivity index (χ4v) is 2.36. The summed E-state index contributed by atoms with van der Waals surface area (Å²) in [6, 6.07) is 4.72. The van der Waals surface area contributed by atoms with Gasteiger partial charge in [0.1, 0.15) is 0 Å². The lowest BCUT2D eigenvalue weighted by Gasteiger charge is -2.29. The highest BCUT2D eigenvalue weighted by molar-refractivity contribution is 6.35. The average Bonchev–Trinajstić information content (AvgIpc) is 2.39. The molecule has 0 fully saturated rings. The van der Waals surface area contributed by atoms with Gasteiger partial charge in [0.05, 0.1) is 6.61 Å². The highest BCUT2D eigenvalue weighted by Crippen LogP contribution is 2.25. The van der Waals surface area contributed by atoms with E-state index in [0.717, 1.165) is 12.8 Å². The van der Waals surface area contributed by atoms with Crippen molar-refractivity contribution in [3.63, 3.8) is 0 Å². The fraction of sp³-hybridized carbons (Fsp3) is 0.500. The first kappa shape index (κ1) is 16.3. The summed E-state index contributed by atoms with van der Waals surface area (Å²) in [5, 5.41) is 13.1. The maximum atomic E-state index is 12.0. The van der Waals surface area contributed by atoms with Gasteiger partial charge in [-0.3, -0.25) is 4.79 Å². The smallest absolute Gasteiger partial charge is 0.251 e. The molecule has 0 heterocycles. The van der Waals surface area contributed by atoms with E-state index in [1.165, 1.54) is 0 Å². The van der Waals surface area contributed by atoms with E-state index >= 15 is 0 Å². The lowest BCUT2D eigenvalue weighted by atomic mass is 9.83. The first-order valence-electron chi connectivity index (χ1n) is 6.31. The van der Waals surface area contributed by atoms with E-state index in [2.05, 4.69) is 5.32 Å². The third-order valence-electron chi connectivity index (χ3n) is 3.58. The zero-order valence-corrected chi connectivity index (χ0v) is 12.7. The Morgan fingerprint density at radius 3 is 2.16 bits per heavy atom. The molecular formula is C14H19Cl2NO2. The summed E-state index contributed by atoms with van der Waals surface area (Å²) in [6.45, 7) is 4.49. The number of hydrogen-bond acceptors (Lipinski definition) is 2. The molecule has 1 amide bonds. The minimum atomic E-state index is -0.266. The summed E-state index contributed by atoms with van der Waals surface area (Å²) < 4.78 is 0. The Hall–Kier alpha value is -0.770. The van der Waals surface area contributed by atoms with E-state index in [0.29, 0.717) is 22.2 Å². The molecule has 0 spiro atoms. The molecule has 0 saturated heterocycles. The molecule has 0 bridgehead atoms. The number of halogens is 2. The SMILES string of the molecule is CCC(CC)(CO)CNC(=O)c1cc(Cl)cc(Cl)c1. The quantitative estimate of drug-likeness (QED) is 0.845. The number of carbonyl (C=O) groups is 1. The number of benzene rings is 1. The fourth-order valence-electron chi connectivity index (χ4n) is 1.83. The first-order chi connectivity index (χ1) is 8.96. The van der Waals surface area contributed by atoms with Gasteiger partial charge < -0.3 is 10.4 Å². The van der Waals surface area contributed by atoms with E-state index in [-0.39, 0.29) is 17.9 Å². The Bertz CT molecular complexity index is 417. The zero-order valence-electron chi connectivity index (χ0n) is 11.2. The number of carbonyl (C=O) groups excluding carboxylic acids is 1. The van der Waals surface area contributed by atoms with E-state index in [9.17, 15) is 9.90 Å². The van der Waals surface area contributed by atoms with E-state index in [1.807, 2.05) is 13.8 Å². The normalized spacial score (nSPS) is 11.4. The second-order valence-corrected chi connectivity index (χ2v) is 5.58. The third kappa shape index (κ3) is 4.37. The van der Waals surface area contributed by atoms with Gasteiger partial charge in [0.2, 0.25) is 0 Å². The molecule has 3 nitrogen and oxygen atoms in total. The highest BCUT2D eigenvalue weighted by atomic mass is 35.5. The van der Waals surface area contributed by atoms with Crippen LogP contribution in [0, 0.1) is 5.41 Å². The molecule has 5 heteroatoms. The van der Waals surface area contributed by atoms with Crippen molar-refractivity contribution in [1.82, 2.24) is 5.32 Å². The number of nitrogens with one attached hydrogen (secondary N) is 1. The lowest BCUT2D eigenvalue weighted by molar-refractivity contribution is 0.0851. The van der Waals surface area contributed by atoms with Crippen LogP contribution in [0.2, 0.25) is 10.0 Å². The van der Waals surface area contributed by atoms with Gasteiger partial charge in [0, 0.05) is 27.6 Å². The molecule has 0 aliphatic carbocycles. The van der Waals surface area contributed by atoms with Crippen molar-refractivity contribution < 1.29 is 9.90 Å². The summed E-state index contributed by atoms with van der Waals surface area (Å²) in [5.74, 6) is -0.232. The van der Waals surface area contributed by atoms with Gasteiger partial charge in [-0.05, 0) is 31.0 Å². The number of rotatable bonds is 6. The molecule has 0 atom stereocenters. The molecule has 0 aliphatic rings. The van der Waals surface area contributed by atoms with Gasteiger partial charge in [-0.25, -0.2) is 0 Å². The van der Waals surface area contributed by atoms with Crippen LogP contribution < -0.4 is 5.32 Å². The number of hydrogen-bond donors (Lipinski definition) is 2. The van der Waals surface area contributed by atoms with Gasteiger partial charge in [0.25, 0.3) is 5.91 Å². The van der Waals surface area contributed by atoms with Crippen molar-refractivity contribution >= 4 is 29.1 Å². The largest absolute Gasteiger partial charge is 0.396 e. The standard InChI is InChI=1S/C14H19Cl2NO2/c1-3-14(4-2,9-18)8-17-13(19)10-5-11(15)7-12(16)6-10/h5-7,18H,3-4,8-9H2,1-2H3,(H,17,19). The molecule has 1 aromatic rings. The molecule has 0 unspecified atom stereocenters. The minimum Gasteiger partial charge on any atom is -0.396 e. The molecule has 106 valence electrons. The predicted molar refractivity (Wildman–Crippen MR) is 78.9 cm³/mol. The van der Waals surface area contributed by atoms with Gasteiger partial charge >= 0.3 is 0 Å². The molecule has 0 saturated carbocycles. The van der Waals surface area contributed by atoms with E-state index in [1.54, 1.807) is 18.2 Å². The molecular weight excluding hydrogens is 285 g/mol. The molecule has 2 N–H and O–H groups in total. The minimum absolute atomic E-state index is 0.0522. The number of aliphatic hydroxyl groups excluding tert-OH is 1. The number of aliphatic hydroxyl groups is 1. The second-order valence-electron chi connectivity index (χ2n) is 4.71. The van der Waals surface area contributed by atoms with Gasteiger partial charge in [-0.15, -0.1) is 0 Å². The van der Waals surface area contributed by atoms with Crippen molar-refractivity contribution in [3.8, 4) is 0 Å². The molecule has 0 aromatic heterocycles. The topological polar surface area (TPSA) is 49.3 Å². The lowest BCUT2D eigenvalue weighted by Crippen LogP contribution is -2.39. The summed E-state index contributed by atoms with van der Waals surface area (Å²) in [7, 11) is 0. The van der Waals surface area contributed by atoms with Crippen molar-refractivity contribution in [3.05, 3.63) is 33.8 Å². The van der Waals surface area contributed by atoms with Crippen LogP contribution in [0.3, 0.4) is 0 Å². The van der Waals surface area contributed by atoms with Crippen molar-refractivity contribution in [2.45, 2.75) is 26.7 Å². The van der Waals surface area contributed by atoms with Crippen LogP contribution in [-0.4, -0.2) is 24.2 Å². The van der Waals surface area contributed by atoms with Crippen LogP contribution in [0.1, 0.15) is 37.0 Å². The first-order valence-corrected chi connectivity index (χ1v) is 7.07. The van der Waals surface area contributed by atoms with Crippen molar-refractivity contribution in [2.75, 3.05) is 13.2 Å². The predicted octanol–water partition coefficient (Wildman–Crippen LogP) is 3.52. The highest BCUT2D eigenvalue weighted by Gasteiger charge is 2.26. The summed E-state index contributed by atoms with van der Waals surface area (Å²) in [6.07, 6.45) is 1.60. The Morgan fingerprint density at radius 2 is 1.74 bits per heavy atom. The van der Waals surface area contributed by atoms with Crippen LogP contribution in [-0.2, 0) is 0 Å². The maximum Gasteiger partial charge on any atom is 0.251 e. The van der Waals surface area contributed by atoms with Gasteiger partial charge in [-0.2, -0.15) is 0 Å². The average molecular weight is 304 g/mol. The maximum absolute atomic E-state index is 12.0. The van der Waals surface area contributed by atoms with Crippen molar-refractivity contribution in [1.29, 1.82) is 0 Å². The molecule has 1 rings (SSSR count). The third-order valence-corrected chi connectivity index (χ3v) is 4.02. The van der Waals surface area contributed by atoms with Crippen LogP contribution in [0.5, 0.6) is 0 Å². The van der Waals surface area contributed by atoms with Crippen LogP contribution in [0.25, 0.3) is 0 Å². The number of amides is 1. The van der Waals surface area contributed by atoms with E-state index < -0.39 is 0 Å². The Kier molecular flexibility index (Phi) is 6.11. The Morgan fingerprint density at radius 1 is 1.21 bits per heavy atom. The Labute approximate surface area is 123 Å². The van der Waals surface area contributed by atoms with E-state index in [4.69, 9.17) is 23.2 Å². The Balaban J connectivity index is 2.74. The summed E-state index contributed by atoms with van der Waals surface area (Å²) >= 11 is 11.7. The van der Waals surface area contributed by atoms with Crippen LogP contribution in [0.4, 0.5) is 0 Å². The zero-order chi connectivity index (χ0) is 14.5. The monoisotopic (exact) mass is 303 g/mol. The van der Waals surface area contributed by atoms with Crippen molar-refractivity contribution in [2.24, 2.45) is 5.41 Å². The molecule has 0 radical (unpaired) electrons. The molecule has 0 aliphatic heterocycles. The van der Waals surface area contributed by atoms with Gasteiger partial charge in [-0.1, -0.05) is 37.0 Å². The van der Waals surface area contributed by atoms with Crippen LogP contribution in [0.15, 0.2) is 18.2 Å². The van der Waals surface area contributed by atoms with Crippen LogP contribution >= 0.6 is 23.2 Å². The summed E-state index contributed by atoms with van der Waals surface area (Å²) in [4.78, 5) is 12.0.